The third-order valence-electron chi connectivity index (χ3n) is 1.81. The Balaban J connectivity index is 2.27. The SMILES string of the molecule is COCCCC(N)C(=O)Nc1cnns1. The number of methoxy groups -OCH3 is 1. The minimum absolute atomic E-state index is 0.211. The number of carbonyl (C=O) groups excluding carboxylic acids is 1. The summed E-state index contributed by atoms with van der Waals surface area (Å²) in [4.78, 5) is 11.5. The zero-order valence-corrected chi connectivity index (χ0v) is 9.29. The van der Waals surface area contributed by atoms with E-state index in [1.54, 1.807) is 7.11 Å². The van der Waals surface area contributed by atoms with Gasteiger partial charge >= 0.3 is 0 Å². The van der Waals surface area contributed by atoms with Crippen molar-refractivity contribution in [2.24, 2.45) is 5.73 Å². The van der Waals surface area contributed by atoms with Crippen LogP contribution in [0.1, 0.15) is 12.8 Å². The Hall–Kier alpha value is -1.05. The molecule has 1 heterocycles. The number of nitrogens with zero attached hydrogens (tertiary/aromatic N) is 2. The van der Waals surface area contributed by atoms with E-state index in [4.69, 9.17) is 10.5 Å². The van der Waals surface area contributed by atoms with Gasteiger partial charge in [-0.2, -0.15) is 0 Å². The van der Waals surface area contributed by atoms with Crippen molar-refractivity contribution in [2.75, 3.05) is 19.0 Å². The fourth-order valence-electron chi connectivity index (χ4n) is 1.02. The second-order valence-electron chi connectivity index (χ2n) is 3.01. The van der Waals surface area contributed by atoms with Crippen molar-refractivity contribution in [1.29, 1.82) is 0 Å². The molecule has 7 heteroatoms. The second kappa shape index (κ2) is 6.44. The Morgan fingerprint density at radius 2 is 2.60 bits per heavy atom. The summed E-state index contributed by atoms with van der Waals surface area (Å²) in [5, 5.41) is 6.85. The van der Waals surface area contributed by atoms with Crippen LogP contribution in [0.4, 0.5) is 5.00 Å². The van der Waals surface area contributed by atoms with Crippen LogP contribution < -0.4 is 11.1 Å². The highest BCUT2D eigenvalue weighted by Gasteiger charge is 2.13. The highest BCUT2D eigenvalue weighted by atomic mass is 32.1. The number of carbonyl (C=O) groups is 1. The molecule has 0 aliphatic rings. The minimum atomic E-state index is -0.512. The third-order valence-corrected chi connectivity index (χ3v) is 2.39. The zero-order chi connectivity index (χ0) is 11.1. The van der Waals surface area contributed by atoms with E-state index in [-0.39, 0.29) is 5.91 Å². The van der Waals surface area contributed by atoms with Crippen LogP contribution in [0.2, 0.25) is 0 Å². The molecule has 6 nitrogen and oxygen atoms in total. The number of hydrogen-bond donors (Lipinski definition) is 2. The zero-order valence-electron chi connectivity index (χ0n) is 8.47. The summed E-state index contributed by atoms with van der Waals surface area (Å²) in [6.07, 6.45) is 2.86. The van der Waals surface area contributed by atoms with Gasteiger partial charge in [-0.3, -0.25) is 4.79 Å². The maximum atomic E-state index is 11.5. The average molecular weight is 230 g/mol. The van der Waals surface area contributed by atoms with E-state index >= 15 is 0 Å². The van der Waals surface area contributed by atoms with Gasteiger partial charge in [-0.05, 0) is 12.8 Å². The van der Waals surface area contributed by atoms with E-state index in [2.05, 4.69) is 14.9 Å². The van der Waals surface area contributed by atoms with Gasteiger partial charge in [-0.1, -0.05) is 4.49 Å². The van der Waals surface area contributed by atoms with Crippen molar-refractivity contribution < 1.29 is 9.53 Å². The summed E-state index contributed by atoms with van der Waals surface area (Å²) in [6.45, 7) is 0.614. The van der Waals surface area contributed by atoms with Crippen LogP contribution in [0.5, 0.6) is 0 Å². The quantitative estimate of drug-likeness (QED) is 0.683. The molecule has 0 spiro atoms. The van der Waals surface area contributed by atoms with Crippen LogP contribution in [-0.2, 0) is 9.53 Å². The minimum Gasteiger partial charge on any atom is -0.385 e. The topological polar surface area (TPSA) is 90.1 Å². The lowest BCUT2D eigenvalue weighted by Crippen LogP contribution is -2.35. The van der Waals surface area contributed by atoms with E-state index in [9.17, 15) is 4.79 Å². The number of aromatic nitrogens is 2. The maximum Gasteiger partial charge on any atom is 0.241 e. The molecule has 0 radical (unpaired) electrons. The molecular formula is C8H14N4O2S. The standard InChI is InChI=1S/C8H14N4O2S/c1-14-4-2-3-6(9)8(13)11-7-5-10-12-15-7/h5-6H,2-4,9H2,1H3,(H,11,13). The molecule has 1 rings (SSSR count). The summed E-state index contributed by atoms with van der Waals surface area (Å²) < 4.78 is 8.50. The molecule has 1 unspecified atom stereocenters. The van der Waals surface area contributed by atoms with Crippen LogP contribution in [0.25, 0.3) is 0 Å². The van der Waals surface area contributed by atoms with Crippen molar-refractivity contribution in [3.05, 3.63) is 6.20 Å². The van der Waals surface area contributed by atoms with Crippen molar-refractivity contribution >= 4 is 22.4 Å². The molecule has 0 fully saturated rings. The lowest BCUT2D eigenvalue weighted by atomic mass is 10.1. The Bertz CT molecular complexity index is 291. The lowest BCUT2D eigenvalue weighted by molar-refractivity contribution is -0.117. The first-order valence-electron chi connectivity index (χ1n) is 4.56. The number of nitrogens with one attached hydrogen (secondary N) is 1. The van der Waals surface area contributed by atoms with Crippen molar-refractivity contribution in [1.82, 2.24) is 9.59 Å². The Labute approximate surface area is 92.0 Å². The molecule has 15 heavy (non-hydrogen) atoms. The van der Waals surface area contributed by atoms with Gasteiger partial charge in [0.1, 0.15) is 5.00 Å². The monoisotopic (exact) mass is 230 g/mol. The van der Waals surface area contributed by atoms with Gasteiger partial charge in [-0.15, -0.1) is 5.10 Å². The molecule has 0 saturated carbocycles. The van der Waals surface area contributed by atoms with Gasteiger partial charge in [0.2, 0.25) is 5.91 Å². The highest BCUT2D eigenvalue weighted by molar-refractivity contribution is 7.10. The second-order valence-corrected chi connectivity index (χ2v) is 3.80. The van der Waals surface area contributed by atoms with Crippen LogP contribution in [0, 0.1) is 0 Å². The molecule has 0 saturated heterocycles. The van der Waals surface area contributed by atoms with Gasteiger partial charge in [-0.25, -0.2) is 0 Å². The van der Waals surface area contributed by atoms with E-state index in [1.807, 2.05) is 0 Å². The van der Waals surface area contributed by atoms with Crippen LogP contribution >= 0.6 is 11.5 Å². The van der Waals surface area contributed by atoms with Crippen molar-refractivity contribution in [3.8, 4) is 0 Å². The average Bonchev–Trinajstić information content (AvgIpc) is 2.70. The molecule has 3 N–H and O–H groups in total. The lowest BCUT2D eigenvalue weighted by Gasteiger charge is -2.09. The first-order valence-corrected chi connectivity index (χ1v) is 5.34. The summed E-state index contributed by atoms with van der Waals surface area (Å²) in [5.74, 6) is -0.211. The summed E-state index contributed by atoms with van der Waals surface area (Å²) in [5.41, 5.74) is 5.67. The van der Waals surface area contributed by atoms with Crippen LogP contribution in [0.3, 0.4) is 0 Å². The first-order chi connectivity index (χ1) is 7.24. The van der Waals surface area contributed by atoms with E-state index in [0.717, 1.165) is 18.0 Å². The van der Waals surface area contributed by atoms with Gasteiger partial charge in [0.15, 0.2) is 0 Å². The molecular weight excluding hydrogens is 216 g/mol. The molecule has 0 aliphatic carbocycles. The van der Waals surface area contributed by atoms with Gasteiger partial charge < -0.3 is 15.8 Å². The summed E-state index contributed by atoms with van der Waals surface area (Å²) in [6, 6.07) is -0.512. The number of amides is 1. The molecule has 1 amide bonds. The molecule has 0 aliphatic heterocycles. The maximum absolute atomic E-state index is 11.5. The molecule has 1 aromatic heterocycles. The van der Waals surface area contributed by atoms with Crippen molar-refractivity contribution in [3.63, 3.8) is 0 Å². The molecule has 84 valence electrons. The van der Waals surface area contributed by atoms with E-state index in [1.165, 1.54) is 6.20 Å². The molecule has 0 bridgehead atoms. The van der Waals surface area contributed by atoms with E-state index < -0.39 is 6.04 Å². The van der Waals surface area contributed by atoms with Crippen molar-refractivity contribution in [2.45, 2.75) is 18.9 Å². The first kappa shape index (κ1) is 12.0. The van der Waals surface area contributed by atoms with Gasteiger partial charge in [0, 0.05) is 25.2 Å². The summed E-state index contributed by atoms with van der Waals surface area (Å²) >= 11 is 1.12. The molecule has 1 atom stereocenters. The van der Waals surface area contributed by atoms with Gasteiger partial charge in [0.25, 0.3) is 0 Å². The largest absolute Gasteiger partial charge is 0.385 e. The predicted molar refractivity (Wildman–Crippen MR) is 57.6 cm³/mol. The van der Waals surface area contributed by atoms with E-state index in [0.29, 0.717) is 18.0 Å². The number of ether oxygens (including phenoxy) is 1. The smallest absolute Gasteiger partial charge is 0.241 e. The number of anilines is 1. The third kappa shape index (κ3) is 4.32. The molecule has 1 aromatic rings. The Morgan fingerprint density at radius 1 is 1.80 bits per heavy atom. The fraction of sp³-hybridized carbons (Fsp3) is 0.625. The number of hydrogen-bond acceptors (Lipinski definition) is 6. The van der Waals surface area contributed by atoms with Gasteiger partial charge in [0.05, 0.1) is 12.2 Å². The number of nitrogens with two attached hydrogens (primary N) is 1. The highest BCUT2D eigenvalue weighted by Crippen LogP contribution is 2.09. The Morgan fingerprint density at radius 3 is 3.20 bits per heavy atom. The summed E-state index contributed by atoms with van der Waals surface area (Å²) in [7, 11) is 1.62. The Kier molecular flexibility index (Phi) is 5.16. The van der Waals surface area contributed by atoms with Crippen LogP contribution in [0.15, 0.2) is 6.20 Å². The predicted octanol–water partition coefficient (Wildman–Crippen LogP) is 0.231. The normalized spacial score (nSPS) is 12.4. The fourth-order valence-corrected chi connectivity index (χ4v) is 1.44. The number of rotatable bonds is 6. The van der Waals surface area contributed by atoms with Crippen LogP contribution in [-0.4, -0.2) is 35.3 Å². The molecule has 0 aromatic carbocycles.